The lowest BCUT2D eigenvalue weighted by Crippen LogP contribution is -1.60. The van der Waals surface area contributed by atoms with E-state index in [4.69, 9.17) is 0 Å². The van der Waals surface area contributed by atoms with Crippen molar-refractivity contribution in [1.29, 1.82) is 0 Å². The summed E-state index contributed by atoms with van der Waals surface area (Å²) in [5, 5.41) is 0. The molecule has 0 nitrogen and oxygen atoms in total. The largest absolute Gasteiger partial charge is 0.128 e. The van der Waals surface area contributed by atoms with Crippen LogP contribution in [0.3, 0.4) is 0 Å². The second-order valence-corrected chi connectivity index (χ2v) is 8.40. The van der Waals surface area contributed by atoms with Gasteiger partial charge in [0.1, 0.15) is 0 Å². The Balaban J connectivity index is 2.14. The van der Waals surface area contributed by atoms with Gasteiger partial charge in [0.15, 0.2) is 0 Å². The van der Waals surface area contributed by atoms with Crippen molar-refractivity contribution in [3.63, 3.8) is 0 Å². The molecule has 0 saturated carbocycles. The van der Waals surface area contributed by atoms with Gasteiger partial charge in [-0.3, -0.25) is 0 Å². The second-order valence-electron chi connectivity index (χ2n) is 3.10. The molecule has 16 heavy (non-hydrogen) atoms. The summed E-state index contributed by atoms with van der Waals surface area (Å²) in [6.07, 6.45) is 0. The number of hydrogen-bond acceptors (Lipinski definition) is 4. The number of thiophene rings is 2. The molecule has 4 heteroatoms. The Morgan fingerprint density at radius 2 is 1.25 bits per heavy atom. The highest BCUT2D eigenvalue weighted by Gasteiger charge is 2.06. The lowest BCUT2D eigenvalue weighted by Gasteiger charge is -1.91. The van der Waals surface area contributed by atoms with Crippen LogP contribution < -0.4 is 0 Å². The molecule has 0 fully saturated rings. The molecule has 0 aliphatic rings. The number of hydrogen-bond donors (Lipinski definition) is 0. The van der Waals surface area contributed by atoms with Gasteiger partial charge in [0.2, 0.25) is 0 Å². The lowest BCUT2D eigenvalue weighted by molar-refractivity contribution is 1.51. The highest BCUT2D eigenvalue weighted by atomic mass is 32.2. The molecule has 86 valence electrons. The highest BCUT2D eigenvalue weighted by molar-refractivity contribution is 8.01. The fraction of sp³-hybridized carbons (Fsp3) is 0.333. The van der Waals surface area contributed by atoms with E-state index in [1.165, 1.54) is 18.2 Å². The van der Waals surface area contributed by atoms with Gasteiger partial charge < -0.3 is 0 Å². The van der Waals surface area contributed by atoms with Gasteiger partial charge in [-0.15, -0.1) is 46.2 Å². The predicted molar refractivity (Wildman–Crippen MR) is 80.4 cm³/mol. The third kappa shape index (κ3) is 3.06. The molecule has 0 bridgehead atoms. The van der Waals surface area contributed by atoms with Crippen LogP contribution in [-0.2, 0) is 0 Å². The van der Waals surface area contributed by atoms with Crippen molar-refractivity contribution >= 4 is 46.2 Å². The average Bonchev–Trinajstić information content (AvgIpc) is 2.87. The van der Waals surface area contributed by atoms with Crippen molar-refractivity contribution in [3.05, 3.63) is 24.3 Å². The van der Waals surface area contributed by atoms with Crippen LogP contribution in [-0.4, -0.2) is 11.5 Å². The van der Waals surface area contributed by atoms with Gasteiger partial charge in [-0.05, 0) is 35.8 Å². The van der Waals surface area contributed by atoms with Crippen LogP contribution in [0.2, 0.25) is 0 Å². The van der Waals surface area contributed by atoms with Gasteiger partial charge in [0.25, 0.3) is 0 Å². The topological polar surface area (TPSA) is 0 Å². The quantitative estimate of drug-likeness (QED) is 0.647. The van der Waals surface area contributed by atoms with Crippen molar-refractivity contribution < 1.29 is 0 Å². The molecule has 2 aromatic rings. The van der Waals surface area contributed by atoms with Crippen LogP contribution in [0.15, 0.2) is 32.7 Å². The first-order chi connectivity index (χ1) is 7.83. The third-order valence-electron chi connectivity index (χ3n) is 1.98. The van der Waals surface area contributed by atoms with E-state index in [0.29, 0.717) is 0 Å². The lowest BCUT2D eigenvalue weighted by atomic mass is 10.4. The van der Waals surface area contributed by atoms with Gasteiger partial charge in [0.05, 0.1) is 8.42 Å². The maximum atomic E-state index is 2.24. The van der Waals surface area contributed by atoms with Crippen LogP contribution in [0.25, 0.3) is 9.75 Å². The predicted octanol–water partition coefficient (Wildman–Crippen LogP) is 5.70. The molecular formula is C12H14S4. The smallest absolute Gasteiger partial charge is 0.0605 e. The SMILES string of the molecule is CCSc1ccc(-c2ccc(SCC)s2)s1. The summed E-state index contributed by atoms with van der Waals surface area (Å²) in [6, 6.07) is 8.96. The molecule has 0 aliphatic heterocycles. The molecule has 0 atom stereocenters. The Labute approximate surface area is 113 Å². The maximum Gasteiger partial charge on any atom is 0.0605 e. The minimum atomic E-state index is 1.15. The highest BCUT2D eigenvalue weighted by Crippen LogP contribution is 2.39. The summed E-state index contributed by atoms with van der Waals surface area (Å²) < 4.78 is 2.85. The van der Waals surface area contributed by atoms with Crippen molar-refractivity contribution in [2.24, 2.45) is 0 Å². The first kappa shape index (κ1) is 12.6. The van der Waals surface area contributed by atoms with E-state index in [9.17, 15) is 0 Å². The summed E-state index contributed by atoms with van der Waals surface area (Å²) in [7, 11) is 0. The minimum absolute atomic E-state index is 1.15. The number of rotatable bonds is 5. The standard InChI is InChI=1S/C12H14S4/c1-3-13-11-7-5-9(15-11)10-6-8-12(16-10)14-4-2/h5-8H,3-4H2,1-2H3. The van der Waals surface area contributed by atoms with E-state index in [0.717, 1.165) is 11.5 Å². The Hall–Kier alpha value is 0.1000. The molecule has 0 unspecified atom stereocenters. The fourth-order valence-electron chi connectivity index (χ4n) is 1.34. The van der Waals surface area contributed by atoms with E-state index in [1.807, 2.05) is 46.2 Å². The molecular weight excluding hydrogens is 272 g/mol. The molecule has 0 N–H and O–H groups in total. The van der Waals surface area contributed by atoms with E-state index >= 15 is 0 Å². The van der Waals surface area contributed by atoms with Gasteiger partial charge >= 0.3 is 0 Å². The van der Waals surface area contributed by atoms with Gasteiger partial charge in [-0.1, -0.05) is 13.8 Å². The van der Waals surface area contributed by atoms with Crippen molar-refractivity contribution in [1.82, 2.24) is 0 Å². The summed E-state index contributed by atoms with van der Waals surface area (Å²) in [4.78, 5) is 2.81. The normalized spacial score (nSPS) is 10.9. The van der Waals surface area contributed by atoms with Crippen LogP contribution >= 0.6 is 46.2 Å². The molecule has 2 aromatic heterocycles. The zero-order chi connectivity index (χ0) is 11.4. The molecule has 0 radical (unpaired) electrons. The Kier molecular flexibility index (Phi) is 4.82. The molecule has 0 spiro atoms. The zero-order valence-electron chi connectivity index (χ0n) is 9.36. The van der Waals surface area contributed by atoms with E-state index < -0.39 is 0 Å². The minimum Gasteiger partial charge on any atom is -0.128 e. The van der Waals surface area contributed by atoms with E-state index in [-0.39, 0.29) is 0 Å². The molecule has 0 saturated heterocycles. The summed E-state index contributed by atoms with van der Waals surface area (Å²) in [6.45, 7) is 4.40. The van der Waals surface area contributed by atoms with Crippen molar-refractivity contribution in [3.8, 4) is 9.75 Å². The van der Waals surface area contributed by atoms with Crippen LogP contribution in [0.1, 0.15) is 13.8 Å². The Bertz CT molecular complexity index is 399. The molecule has 2 heterocycles. The molecule has 0 amide bonds. The van der Waals surface area contributed by atoms with Crippen molar-refractivity contribution in [2.75, 3.05) is 11.5 Å². The van der Waals surface area contributed by atoms with Crippen LogP contribution in [0.4, 0.5) is 0 Å². The van der Waals surface area contributed by atoms with Gasteiger partial charge in [-0.25, -0.2) is 0 Å². The Morgan fingerprint density at radius 1 is 0.812 bits per heavy atom. The Morgan fingerprint density at radius 3 is 1.62 bits per heavy atom. The van der Waals surface area contributed by atoms with Crippen molar-refractivity contribution in [2.45, 2.75) is 22.3 Å². The second kappa shape index (κ2) is 6.15. The molecule has 2 rings (SSSR count). The summed E-state index contributed by atoms with van der Waals surface area (Å²) in [5.74, 6) is 2.31. The maximum absolute atomic E-state index is 2.24. The first-order valence-corrected chi connectivity index (χ1v) is 8.89. The van der Waals surface area contributed by atoms with E-state index in [1.54, 1.807) is 0 Å². The van der Waals surface area contributed by atoms with Gasteiger partial charge in [-0.2, -0.15) is 0 Å². The van der Waals surface area contributed by atoms with Gasteiger partial charge in [0, 0.05) is 9.75 Å². The zero-order valence-corrected chi connectivity index (χ0v) is 12.6. The molecule has 0 aromatic carbocycles. The number of thioether (sulfide) groups is 2. The monoisotopic (exact) mass is 286 g/mol. The fourth-order valence-corrected chi connectivity index (χ4v) is 5.52. The summed E-state index contributed by atoms with van der Waals surface area (Å²) >= 11 is 7.66. The average molecular weight is 287 g/mol. The van der Waals surface area contributed by atoms with Crippen LogP contribution in [0.5, 0.6) is 0 Å². The first-order valence-electron chi connectivity index (χ1n) is 5.29. The van der Waals surface area contributed by atoms with Crippen LogP contribution in [0, 0.1) is 0 Å². The third-order valence-corrected chi connectivity index (χ3v) is 6.56. The molecule has 0 aliphatic carbocycles. The summed E-state index contributed by atoms with van der Waals surface area (Å²) in [5.41, 5.74) is 0. The van der Waals surface area contributed by atoms with E-state index in [2.05, 4.69) is 38.1 Å².